The zero-order chi connectivity index (χ0) is 22.7. The minimum Gasteiger partial charge on any atom is -0.352 e. The topological polar surface area (TPSA) is 95.6 Å². The van der Waals surface area contributed by atoms with Gasteiger partial charge in [-0.15, -0.1) is 0 Å². The van der Waals surface area contributed by atoms with Crippen molar-refractivity contribution in [2.45, 2.75) is 62.4 Å². The van der Waals surface area contributed by atoms with Crippen molar-refractivity contribution < 1.29 is 18.0 Å². The smallest absolute Gasteiger partial charge is 0.262 e. The summed E-state index contributed by atoms with van der Waals surface area (Å²) in [5.74, 6) is -0.342. The fourth-order valence-corrected chi connectivity index (χ4v) is 5.90. The minimum atomic E-state index is -3.78. The molecule has 2 fully saturated rings. The summed E-state index contributed by atoms with van der Waals surface area (Å²) in [6, 6.07) is 12.9. The van der Waals surface area contributed by atoms with E-state index in [9.17, 15) is 18.0 Å². The largest absolute Gasteiger partial charge is 0.352 e. The number of carbonyl (C=O) groups excluding carboxylic acids is 2. The molecule has 1 saturated heterocycles. The average Bonchev–Trinajstić information content (AvgIpc) is 3.45. The van der Waals surface area contributed by atoms with Crippen molar-refractivity contribution in [2.75, 3.05) is 11.3 Å². The lowest BCUT2D eigenvalue weighted by Crippen LogP contribution is -2.48. The van der Waals surface area contributed by atoms with Gasteiger partial charge in [0.05, 0.1) is 4.90 Å². The predicted molar refractivity (Wildman–Crippen MR) is 123 cm³/mol. The Morgan fingerprint density at radius 3 is 2.47 bits per heavy atom. The van der Waals surface area contributed by atoms with E-state index in [0.717, 1.165) is 32.1 Å². The molecule has 4 rings (SSSR count). The standard InChI is InChI=1S/C24H29N3O4S/c1-17-8-2-5-14-22(17)32(30,31)26-20-12-6-9-18(16-20)24(29)27-15-7-13-21(27)23(28)25-19-10-3-4-11-19/h2,5-6,8-9,12,14,16,19,21,26H,3-4,7,10-11,13,15H2,1H3,(H,25,28)/t21-/m0/s1. The van der Waals surface area contributed by atoms with Crippen LogP contribution in [0.5, 0.6) is 0 Å². The molecule has 8 heteroatoms. The number of nitrogens with one attached hydrogen (secondary N) is 2. The number of likely N-dealkylation sites (tertiary alicyclic amines) is 1. The van der Waals surface area contributed by atoms with Crippen molar-refractivity contribution >= 4 is 27.5 Å². The lowest BCUT2D eigenvalue weighted by atomic mass is 10.1. The molecule has 0 unspecified atom stereocenters. The number of carbonyl (C=O) groups is 2. The molecule has 0 aromatic heterocycles. The van der Waals surface area contributed by atoms with Gasteiger partial charge in [0.1, 0.15) is 6.04 Å². The summed E-state index contributed by atoms with van der Waals surface area (Å²) >= 11 is 0. The summed E-state index contributed by atoms with van der Waals surface area (Å²) in [4.78, 5) is 27.8. The number of rotatable bonds is 6. The Kier molecular flexibility index (Phi) is 6.50. The van der Waals surface area contributed by atoms with Gasteiger partial charge < -0.3 is 10.2 Å². The van der Waals surface area contributed by atoms with Crippen molar-refractivity contribution in [3.8, 4) is 0 Å². The SMILES string of the molecule is Cc1ccccc1S(=O)(=O)Nc1cccc(C(=O)N2CCC[C@H]2C(=O)NC2CCCC2)c1. The average molecular weight is 456 g/mol. The third kappa shape index (κ3) is 4.80. The van der Waals surface area contributed by atoms with Gasteiger partial charge in [0.15, 0.2) is 0 Å². The normalized spacial score (nSPS) is 19.2. The number of sulfonamides is 1. The Morgan fingerprint density at radius 1 is 0.969 bits per heavy atom. The highest BCUT2D eigenvalue weighted by atomic mass is 32.2. The molecule has 1 aliphatic carbocycles. The second kappa shape index (κ2) is 9.32. The first-order valence-electron chi connectivity index (χ1n) is 11.1. The van der Waals surface area contributed by atoms with Gasteiger partial charge in [-0.05, 0) is 62.4 Å². The number of hydrogen-bond acceptors (Lipinski definition) is 4. The van der Waals surface area contributed by atoms with Crippen LogP contribution in [0.2, 0.25) is 0 Å². The first-order chi connectivity index (χ1) is 15.3. The van der Waals surface area contributed by atoms with Crippen molar-refractivity contribution in [3.63, 3.8) is 0 Å². The lowest BCUT2D eigenvalue weighted by Gasteiger charge is -2.25. The van der Waals surface area contributed by atoms with Crippen molar-refractivity contribution in [2.24, 2.45) is 0 Å². The summed E-state index contributed by atoms with van der Waals surface area (Å²) in [5, 5.41) is 3.10. The van der Waals surface area contributed by atoms with Crippen LogP contribution in [-0.2, 0) is 14.8 Å². The molecule has 2 amide bonds. The van der Waals surface area contributed by atoms with E-state index in [1.165, 1.54) is 6.07 Å². The highest BCUT2D eigenvalue weighted by Gasteiger charge is 2.35. The molecule has 32 heavy (non-hydrogen) atoms. The van der Waals surface area contributed by atoms with Gasteiger partial charge in [-0.25, -0.2) is 8.42 Å². The summed E-state index contributed by atoms with van der Waals surface area (Å²) in [6.07, 6.45) is 5.66. The van der Waals surface area contributed by atoms with E-state index in [4.69, 9.17) is 0 Å². The van der Waals surface area contributed by atoms with Crippen LogP contribution in [0.4, 0.5) is 5.69 Å². The van der Waals surface area contributed by atoms with E-state index in [-0.39, 0.29) is 22.8 Å². The quantitative estimate of drug-likeness (QED) is 0.697. The number of hydrogen-bond donors (Lipinski definition) is 2. The maximum Gasteiger partial charge on any atom is 0.262 e. The molecule has 2 aliphatic rings. The van der Waals surface area contributed by atoms with E-state index in [1.54, 1.807) is 54.3 Å². The van der Waals surface area contributed by atoms with Crippen LogP contribution < -0.4 is 10.0 Å². The van der Waals surface area contributed by atoms with E-state index in [0.29, 0.717) is 29.8 Å². The molecular formula is C24H29N3O4S. The molecule has 2 N–H and O–H groups in total. The van der Waals surface area contributed by atoms with Gasteiger partial charge in [0, 0.05) is 23.8 Å². The molecule has 1 atom stereocenters. The molecule has 7 nitrogen and oxygen atoms in total. The van der Waals surface area contributed by atoms with Crippen LogP contribution in [0.25, 0.3) is 0 Å². The van der Waals surface area contributed by atoms with Gasteiger partial charge in [-0.3, -0.25) is 14.3 Å². The van der Waals surface area contributed by atoms with Crippen LogP contribution in [0.3, 0.4) is 0 Å². The Bertz CT molecular complexity index is 1110. The Morgan fingerprint density at radius 2 is 1.72 bits per heavy atom. The summed E-state index contributed by atoms with van der Waals surface area (Å²) in [5.41, 5.74) is 1.31. The summed E-state index contributed by atoms with van der Waals surface area (Å²) in [7, 11) is -3.78. The molecule has 170 valence electrons. The molecule has 2 aromatic rings. The van der Waals surface area contributed by atoms with Crippen LogP contribution >= 0.6 is 0 Å². The Hall–Kier alpha value is -2.87. The minimum absolute atomic E-state index is 0.0841. The molecular weight excluding hydrogens is 426 g/mol. The van der Waals surface area contributed by atoms with Crippen LogP contribution in [-0.4, -0.2) is 43.8 Å². The van der Waals surface area contributed by atoms with Crippen LogP contribution in [0.15, 0.2) is 53.4 Å². The van der Waals surface area contributed by atoms with Crippen molar-refractivity contribution in [1.82, 2.24) is 10.2 Å². The molecule has 1 heterocycles. The molecule has 1 aliphatic heterocycles. The summed E-state index contributed by atoms with van der Waals surface area (Å²) in [6.45, 7) is 2.25. The fraction of sp³-hybridized carbons (Fsp3) is 0.417. The van der Waals surface area contributed by atoms with Crippen molar-refractivity contribution in [1.29, 1.82) is 0 Å². The monoisotopic (exact) mass is 455 g/mol. The fourth-order valence-electron chi connectivity index (χ4n) is 4.60. The predicted octanol–water partition coefficient (Wildman–Crippen LogP) is 3.46. The molecule has 0 radical (unpaired) electrons. The number of amides is 2. The molecule has 0 bridgehead atoms. The lowest BCUT2D eigenvalue weighted by molar-refractivity contribution is -0.125. The highest BCUT2D eigenvalue weighted by Crippen LogP contribution is 2.25. The highest BCUT2D eigenvalue weighted by molar-refractivity contribution is 7.92. The first-order valence-corrected chi connectivity index (χ1v) is 12.6. The molecule has 1 saturated carbocycles. The maximum absolute atomic E-state index is 13.2. The Balaban J connectivity index is 1.49. The van der Waals surface area contributed by atoms with Gasteiger partial charge in [0.2, 0.25) is 5.91 Å². The van der Waals surface area contributed by atoms with E-state index in [2.05, 4.69) is 10.0 Å². The maximum atomic E-state index is 13.2. The van der Waals surface area contributed by atoms with Gasteiger partial charge in [0.25, 0.3) is 15.9 Å². The number of benzene rings is 2. The Labute approximate surface area is 189 Å². The van der Waals surface area contributed by atoms with E-state index < -0.39 is 16.1 Å². The van der Waals surface area contributed by atoms with Gasteiger partial charge in [-0.1, -0.05) is 37.1 Å². The summed E-state index contributed by atoms with van der Waals surface area (Å²) < 4.78 is 28.2. The van der Waals surface area contributed by atoms with Crippen LogP contribution in [0, 0.1) is 6.92 Å². The number of aryl methyl sites for hydroxylation is 1. The number of nitrogens with zero attached hydrogens (tertiary/aromatic N) is 1. The van der Waals surface area contributed by atoms with E-state index >= 15 is 0 Å². The third-order valence-corrected chi connectivity index (χ3v) is 7.80. The van der Waals surface area contributed by atoms with Gasteiger partial charge in [-0.2, -0.15) is 0 Å². The second-order valence-corrected chi connectivity index (χ2v) is 10.2. The zero-order valence-electron chi connectivity index (χ0n) is 18.2. The number of anilines is 1. The van der Waals surface area contributed by atoms with Crippen molar-refractivity contribution in [3.05, 3.63) is 59.7 Å². The third-order valence-electron chi connectivity index (χ3n) is 6.26. The van der Waals surface area contributed by atoms with E-state index in [1.807, 2.05) is 0 Å². The zero-order valence-corrected chi connectivity index (χ0v) is 19.0. The molecule has 0 spiro atoms. The van der Waals surface area contributed by atoms with Crippen LogP contribution in [0.1, 0.15) is 54.4 Å². The second-order valence-electron chi connectivity index (χ2n) is 8.60. The molecule has 2 aromatic carbocycles. The van der Waals surface area contributed by atoms with Gasteiger partial charge >= 0.3 is 0 Å². The first kappa shape index (κ1) is 22.3.